The predicted molar refractivity (Wildman–Crippen MR) is 114 cm³/mol. The quantitative estimate of drug-likeness (QED) is 0.582. The van der Waals surface area contributed by atoms with Crippen molar-refractivity contribution in [3.05, 3.63) is 95.2 Å². The topological polar surface area (TPSA) is 27.0 Å². The summed E-state index contributed by atoms with van der Waals surface area (Å²) in [7, 11) is 0. The molecule has 0 saturated carbocycles. The van der Waals surface area contributed by atoms with Crippen molar-refractivity contribution in [2.75, 3.05) is 4.90 Å². The molecule has 0 heterocycles. The van der Waals surface area contributed by atoms with Gasteiger partial charge in [-0.25, -0.2) is 0 Å². The van der Waals surface area contributed by atoms with Gasteiger partial charge >= 0.3 is 0 Å². The summed E-state index contributed by atoms with van der Waals surface area (Å²) in [5, 5.41) is 9.33. The number of aryl methyl sites for hydroxylation is 2. The molecule has 136 valence electrons. The molecule has 0 spiro atoms. The van der Waals surface area contributed by atoms with Crippen LogP contribution in [0.1, 0.15) is 37.8 Å². The van der Waals surface area contributed by atoms with Crippen LogP contribution in [-0.4, -0.2) is 0 Å². The molecule has 0 amide bonds. The molecule has 0 bridgehead atoms. The zero-order valence-electron chi connectivity index (χ0n) is 16.2. The lowest BCUT2D eigenvalue weighted by Crippen LogP contribution is -2.18. The van der Waals surface area contributed by atoms with Crippen molar-refractivity contribution < 1.29 is 0 Å². The number of hydrogen-bond donors (Lipinski definition) is 0. The second-order valence-electron chi connectivity index (χ2n) is 6.67. The van der Waals surface area contributed by atoms with Crippen molar-refractivity contribution in [1.82, 2.24) is 0 Å². The van der Waals surface area contributed by atoms with E-state index in [-0.39, 0.29) is 0 Å². The van der Waals surface area contributed by atoms with Gasteiger partial charge in [0.25, 0.3) is 0 Å². The van der Waals surface area contributed by atoms with Gasteiger partial charge in [-0.1, -0.05) is 62.4 Å². The Bertz CT molecular complexity index is 843. The lowest BCUT2D eigenvalue weighted by molar-refractivity contribution is 1.03. The number of nitrogens with zero attached hydrogens (tertiary/aromatic N) is 2. The highest BCUT2D eigenvalue weighted by Gasteiger charge is 2.18. The Labute approximate surface area is 162 Å². The Morgan fingerprint density at radius 1 is 0.852 bits per heavy atom. The van der Waals surface area contributed by atoms with Crippen LogP contribution in [0.2, 0.25) is 0 Å². The summed E-state index contributed by atoms with van der Waals surface area (Å²) in [6.45, 7) is 4.34. The van der Waals surface area contributed by atoms with Crippen molar-refractivity contribution in [1.29, 1.82) is 5.26 Å². The first-order valence-electron chi connectivity index (χ1n) is 9.67. The molecule has 0 fully saturated rings. The lowest BCUT2D eigenvalue weighted by Gasteiger charge is -2.29. The second-order valence-corrected chi connectivity index (χ2v) is 6.67. The van der Waals surface area contributed by atoms with E-state index in [0.717, 1.165) is 41.9 Å². The van der Waals surface area contributed by atoms with Gasteiger partial charge in [0.1, 0.15) is 0 Å². The minimum Gasteiger partial charge on any atom is -0.314 e. The van der Waals surface area contributed by atoms with Gasteiger partial charge in [0, 0.05) is 23.5 Å². The molecule has 3 rings (SSSR count). The number of rotatable bonds is 6. The molecular weight excluding hydrogens is 328 g/mol. The van der Waals surface area contributed by atoms with Gasteiger partial charge in [-0.2, -0.15) is 5.26 Å². The maximum atomic E-state index is 9.33. The monoisotopic (exact) mass is 354 g/mol. The number of nitriles is 1. The third-order valence-electron chi connectivity index (χ3n) is 4.97. The predicted octanol–water partition coefficient (Wildman–Crippen LogP) is 6.63. The fraction of sp³-hybridized carbons (Fsp3) is 0.240. The summed E-state index contributed by atoms with van der Waals surface area (Å²) in [5.41, 5.74) is 7.15. The normalized spacial score (nSPS) is 13.4. The Hall–Kier alpha value is -3.05. The molecule has 0 aliphatic heterocycles. The Balaban J connectivity index is 2.14. The number of allylic oxidation sites excluding steroid dienone is 5. The molecule has 1 aliphatic rings. The SMILES string of the molecule is CCc1ccc(N(C2=C(CC#N)C=CC=CC2)c2ccc(CC)cc2)cc1. The summed E-state index contributed by atoms with van der Waals surface area (Å²) in [6, 6.07) is 19.8. The maximum absolute atomic E-state index is 9.33. The van der Waals surface area contributed by atoms with E-state index in [1.54, 1.807) is 0 Å². The molecule has 1 aliphatic carbocycles. The van der Waals surface area contributed by atoms with Gasteiger partial charge in [-0.3, -0.25) is 0 Å². The van der Waals surface area contributed by atoms with Crippen LogP contribution in [-0.2, 0) is 12.8 Å². The molecule has 0 aromatic heterocycles. The van der Waals surface area contributed by atoms with Crippen molar-refractivity contribution in [2.45, 2.75) is 39.5 Å². The zero-order valence-corrected chi connectivity index (χ0v) is 16.2. The third-order valence-corrected chi connectivity index (χ3v) is 4.97. The molecule has 2 aromatic rings. The molecule has 27 heavy (non-hydrogen) atoms. The van der Waals surface area contributed by atoms with Gasteiger partial charge in [0.05, 0.1) is 12.5 Å². The fourth-order valence-corrected chi connectivity index (χ4v) is 3.36. The highest BCUT2D eigenvalue weighted by atomic mass is 15.1. The van der Waals surface area contributed by atoms with Crippen molar-refractivity contribution in [3.63, 3.8) is 0 Å². The van der Waals surface area contributed by atoms with Crippen LogP contribution in [0.25, 0.3) is 0 Å². The van der Waals surface area contributed by atoms with Crippen LogP contribution in [0.4, 0.5) is 11.4 Å². The molecule has 0 saturated heterocycles. The van der Waals surface area contributed by atoms with E-state index in [9.17, 15) is 5.26 Å². The van der Waals surface area contributed by atoms with Crippen LogP contribution in [0.3, 0.4) is 0 Å². The summed E-state index contributed by atoms with van der Waals surface area (Å²) < 4.78 is 0. The fourth-order valence-electron chi connectivity index (χ4n) is 3.36. The van der Waals surface area contributed by atoms with Gasteiger partial charge in [0.2, 0.25) is 0 Å². The van der Waals surface area contributed by atoms with Gasteiger partial charge < -0.3 is 4.90 Å². The largest absolute Gasteiger partial charge is 0.314 e. The lowest BCUT2D eigenvalue weighted by atomic mass is 10.0. The molecular formula is C25H26N2. The van der Waals surface area contributed by atoms with Crippen molar-refractivity contribution in [3.8, 4) is 6.07 Å². The van der Waals surface area contributed by atoms with Gasteiger partial charge in [0.15, 0.2) is 0 Å². The summed E-state index contributed by atoms with van der Waals surface area (Å²) >= 11 is 0. The molecule has 0 unspecified atom stereocenters. The van der Waals surface area contributed by atoms with E-state index < -0.39 is 0 Å². The molecule has 0 radical (unpaired) electrons. The highest BCUT2D eigenvalue weighted by molar-refractivity contribution is 5.70. The number of benzene rings is 2. The average molecular weight is 354 g/mol. The Morgan fingerprint density at radius 2 is 1.41 bits per heavy atom. The van der Waals surface area contributed by atoms with Crippen molar-refractivity contribution >= 4 is 11.4 Å². The van der Waals surface area contributed by atoms with Crippen LogP contribution < -0.4 is 4.90 Å². The number of hydrogen-bond acceptors (Lipinski definition) is 2. The average Bonchev–Trinajstić information content (AvgIpc) is 2.95. The van der Waals surface area contributed by atoms with Crippen molar-refractivity contribution in [2.24, 2.45) is 0 Å². The van der Waals surface area contributed by atoms with Crippen LogP contribution in [0, 0.1) is 11.3 Å². The molecule has 0 atom stereocenters. The summed E-state index contributed by atoms with van der Waals surface area (Å²) in [5.74, 6) is 0. The van der Waals surface area contributed by atoms with Gasteiger partial charge in [-0.15, -0.1) is 0 Å². The van der Waals surface area contributed by atoms with E-state index >= 15 is 0 Å². The molecule has 2 nitrogen and oxygen atoms in total. The minimum atomic E-state index is 0.407. The van der Waals surface area contributed by atoms with Gasteiger partial charge in [-0.05, 0) is 53.8 Å². The van der Waals surface area contributed by atoms with E-state index in [2.05, 4.69) is 91.6 Å². The smallest absolute Gasteiger partial charge is 0.0670 e. The first-order chi connectivity index (χ1) is 13.3. The minimum absolute atomic E-state index is 0.407. The van der Waals surface area contributed by atoms with E-state index in [1.807, 2.05) is 6.08 Å². The zero-order chi connectivity index (χ0) is 19.1. The van der Waals surface area contributed by atoms with Crippen LogP contribution >= 0.6 is 0 Å². The number of anilines is 2. The summed E-state index contributed by atoms with van der Waals surface area (Å²) in [6.07, 6.45) is 11.6. The highest BCUT2D eigenvalue weighted by Crippen LogP contribution is 2.35. The maximum Gasteiger partial charge on any atom is 0.0670 e. The van der Waals surface area contributed by atoms with E-state index in [4.69, 9.17) is 0 Å². The Kier molecular flexibility index (Phi) is 6.28. The van der Waals surface area contributed by atoms with Crippen LogP contribution in [0.15, 0.2) is 84.1 Å². The first kappa shape index (κ1) is 18.7. The second kappa shape index (κ2) is 9.05. The third kappa shape index (κ3) is 4.38. The molecule has 2 aromatic carbocycles. The van der Waals surface area contributed by atoms with E-state index in [0.29, 0.717) is 6.42 Å². The standard InChI is InChI=1S/C25H26N2/c1-3-20-10-14-23(15-11-20)27(24-16-12-21(4-2)13-17-24)25-9-7-5-6-8-22(25)18-19-26/h5-8,10-17H,3-4,9,18H2,1-2H3. The molecule has 0 N–H and O–H groups in total. The van der Waals surface area contributed by atoms with Crippen LogP contribution in [0.5, 0.6) is 0 Å². The molecule has 2 heteroatoms. The summed E-state index contributed by atoms with van der Waals surface area (Å²) in [4.78, 5) is 2.30. The Morgan fingerprint density at radius 3 is 1.89 bits per heavy atom. The first-order valence-corrected chi connectivity index (χ1v) is 9.67. The van der Waals surface area contributed by atoms with E-state index in [1.165, 1.54) is 11.1 Å².